The van der Waals surface area contributed by atoms with Crippen molar-refractivity contribution < 1.29 is 4.39 Å². The van der Waals surface area contributed by atoms with Crippen LogP contribution in [0.15, 0.2) is 30.7 Å². The fourth-order valence-corrected chi connectivity index (χ4v) is 2.97. The standard InChI is InChI=1S/C17H16ClFN8/c1-9-5-13(26-25-9)23-16-11(19)6-20-17(24-16)27(2)7-10-3-4-12-15(14(10)18)22-8-21-12/h3-6,8H,7H2,1-2H3,(H,21,22)(H2,20,23,24,25,26). The molecular weight excluding hydrogens is 371 g/mol. The van der Waals surface area contributed by atoms with Crippen molar-refractivity contribution in [3.63, 3.8) is 0 Å². The Kier molecular flexibility index (Phi) is 4.36. The normalized spacial score (nSPS) is 11.1. The fraction of sp³-hybridized carbons (Fsp3) is 0.176. The van der Waals surface area contributed by atoms with E-state index >= 15 is 0 Å². The first-order valence-electron chi connectivity index (χ1n) is 8.14. The topological polar surface area (TPSA) is 98.4 Å². The van der Waals surface area contributed by atoms with Crippen LogP contribution in [-0.2, 0) is 6.54 Å². The first-order valence-corrected chi connectivity index (χ1v) is 8.52. The molecule has 0 saturated carbocycles. The van der Waals surface area contributed by atoms with Crippen molar-refractivity contribution in [3.05, 3.63) is 52.8 Å². The molecule has 138 valence electrons. The summed E-state index contributed by atoms with van der Waals surface area (Å²) in [6, 6.07) is 5.58. The van der Waals surface area contributed by atoms with Gasteiger partial charge < -0.3 is 15.2 Å². The SMILES string of the molecule is Cc1cc(Nc2nc(N(C)Cc3ccc4[nH]cnc4c3Cl)ncc2F)n[nH]1. The van der Waals surface area contributed by atoms with Crippen molar-refractivity contribution in [1.29, 1.82) is 0 Å². The minimum absolute atomic E-state index is 0.0483. The number of nitrogens with zero attached hydrogens (tertiary/aromatic N) is 5. The molecule has 0 bridgehead atoms. The van der Waals surface area contributed by atoms with Crippen LogP contribution in [0.25, 0.3) is 11.0 Å². The number of benzene rings is 1. The minimum Gasteiger partial charge on any atom is -0.345 e. The van der Waals surface area contributed by atoms with Crippen molar-refractivity contribution in [2.75, 3.05) is 17.3 Å². The molecule has 0 unspecified atom stereocenters. The van der Waals surface area contributed by atoms with Crippen molar-refractivity contribution in [1.82, 2.24) is 30.1 Å². The maximum atomic E-state index is 14.1. The van der Waals surface area contributed by atoms with E-state index in [0.29, 0.717) is 28.9 Å². The molecule has 8 nitrogen and oxygen atoms in total. The Balaban J connectivity index is 1.58. The molecule has 27 heavy (non-hydrogen) atoms. The van der Waals surface area contributed by atoms with E-state index in [2.05, 4.69) is 35.5 Å². The number of aromatic nitrogens is 6. The first kappa shape index (κ1) is 17.2. The van der Waals surface area contributed by atoms with Crippen LogP contribution in [0.3, 0.4) is 0 Å². The van der Waals surface area contributed by atoms with E-state index in [4.69, 9.17) is 11.6 Å². The van der Waals surface area contributed by atoms with Crippen LogP contribution in [0, 0.1) is 12.7 Å². The van der Waals surface area contributed by atoms with Gasteiger partial charge in [-0.2, -0.15) is 10.1 Å². The van der Waals surface area contributed by atoms with Gasteiger partial charge in [-0.05, 0) is 18.6 Å². The van der Waals surface area contributed by atoms with Crippen LogP contribution in [0.2, 0.25) is 5.02 Å². The van der Waals surface area contributed by atoms with Gasteiger partial charge in [-0.15, -0.1) is 0 Å². The molecule has 3 N–H and O–H groups in total. The van der Waals surface area contributed by atoms with Crippen molar-refractivity contribution in [2.24, 2.45) is 0 Å². The minimum atomic E-state index is -0.566. The molecule has 1 aromatic carbocycles. The molecule has 0 radical (unpaired) electrons. The number of nitrogens with one attached hydrogen (secondary N) is 3. The predicted octanol–water partition coefficient (Wildman–Crippen LogP) is 3.56. The first-order chi connectivity index (χ1) is 13.0. The summed E-state index contributed by atoms with van der Waals surface area (Å²) in [4.78, 5) is 17.4. The maximum absolute atomic E-state index is 14.1. The average molecular weight is 387 g/mol. The van der Waals surface area contributed by atoms with Crippen molar-refractivity contribution in [3.8, 4) is 0 Å². The number of aryl methyl sites for hydroxylation is 1. The van der Waals surface area contributed by atoms with Gasteiger partial charge in [-0.1, -0.05) is 17.7 Å². The van der Waals surface area contributed by atoms with E-state index in [0.717, 1.165) is 23.0 Å². The van der Waals surface area contributed by atoms with Crippen LogP contribution < -0.4 is 10.2 Å². The lowest BCUT2D eigenvalue weighted by molar-refractivity contribution is 0.617. The molecule has 4 aromatic rings. The zero-order chi connectivity index (χ0) is 19.0. The second kappa shape index (κ2) is 6.84. The second-order valence-corrected chi connectivity index (χ2v) is 6.50. The van der Waals surface area contributed by atoms with E-state index in [-0.39, 0.29) is 5.82 Å². The van der Waals surface area contributed by atoms with Gasteiger partial charge in [-0.3, -0.25) is 5.10 Å². The number of anilines is 3. The van der Waals surface area contributed by atoms with Crippen LogP contribution in [0.4, 0.5) is 22.0 Å². The van der Waals surface area contributed by atoms with E-state index in [1.165, 1.54) is 0 Å². The molecule has 0 aliphatic heterocycles. The van der Waals surface area contributed by atoms with Gasteiger partial charge in [0.2, 0.25) is 5.95 Å². The van der Waals surface area contributed by atoms with Gasteiger partial charge in [-0.25, -0.2) is 14.4 Å². The number of imidazole rings is 1. The molecule has 3 heterocycles. The zero-order valence-electron chi connectivity index (χ0n) is 14.6. The third-order valence-electron chi connectivity index (χ3n) is 4.04. The van der Waals surface area contributed by atoms with Crippen molar-refractivity contribution >= 4 is 40.2 Å². The summed E-state index contributed by atoms with van der Waals surface area (Å²) >= 11 is 6.45. The molecule has 0 saturated heterocycles. The Morgan fingerprint density at radius 2 is 2.15 bits per heavy atom. The van der Waals surface area contributed by atoms with Gasteiger partial charge in [0.15, 0.2) is 17.5 Å². The molecule has 4 rings (SSSR count). The van der Waals surface area contributed by atoms with E-state index in [1.54, 1.807) is 24.3 Å². The lowest BCUT2D eigenvalue weighted by Crippen LogP contribution is -2.20. The molecule has 3 aromatic heterocycles. The van der Waals surface area contributed by atoms with Gasteiger partial charge in [0.05, 0.1) is 23.1 Å². The van der Waals surface area contributed by atoms with Gasteiger partial charge in [0, 0.05) is 25.4 Å². The molecule has 0 amide bonds. The summed E-state index contributed by atoms with van der Waals surface area (Å²) in [6.07, 6.45) is 2.72. The predicted molar refractivity (Wildman–Crippen MR) is 102 cm³/mol. The number of aromatic amines is 2. The molecule has 0 atom stereocenters. The van der Waals surface area contributed by atoms with Gasteiger partial charge in [0.1, 0.15) is 5.52 Å². The summed E-state index contributed by atoms with van der Waals surface area (Å²) in [6.45, 7) is 2.29. The maximum Gasteiger partial charge on any atom is 0.227 e. The van der Waals surface area contributed by atoms with Gasteiger partial charge in [0.25, 0.3) is 0 Å². The van der Waals surface area contributed by atoms with E-state index < -0.39 is 5.82 Å². The number of hydrogen-bond acceptors (Lipinski definition) is 6. The number of fused-ring (bicyclic) bond motifs is 1. The molecule has 0 fully saturated rings. The molecule has 10 heteroatoms. The molecule has 0 spiro atoms. The molecule has 0 aliphatic rings. The highest BCUT2D eigenvalue weighted by atomic mass is 35.5. The van der Waals surface area contributed by atoms with Crippen LogP contribution >= 0.6 is 11.6 Å². The largest absolute Gasteiger partial charge is 0.345 e. The fourth-order valence-electron chi connectivity index (χ4n) is 2.70. The third kappa shape index (κ3) is 3.41. The zero-order valence-corrected chi connectivity index (χ0v) is 15.3. The Bertz CT molecular complexity index is 1110. The smallest absolute Gasteiger partial charge is 0.227 e. The van der Waals surface area contributed by atoms with E-state index in [9.17, 15) is 4.39 Å². The Hall–Kier alpha value is -3.20. The number of rotatable bonds is 5. The highest BCUT2D eigenvalue weighted by Gasteiger charge is 2.14. The lowest BCUT2D eigenvalue weighted by atomic mass is 10.2. The second-order valence-electron chi connectivity index (χ2n) is 6.12. The van der Waals surface area contributed by atoms with Crippen LogP contribution in [0.5, 0.6) is 0 Å². The van der Waals surface area contributed by atoms with Gasteiger partial charge >= 0.3 is 0 Å². The highest BCUT2D eigenvalue weighted by Crippen LogP contribution is 2.27. The third-order valence-corrected chi connectivity index (χ3v) is 4.46. The molecule has 0 aliphatic carbocycles. The quantitative estimate of drug-likeness (QED) is 0.485. The van der Waals surface area contributed by atoms with Crippen LogP contribution in [-0.4, -0.2) is 37.2 Å². The van der Waals surface area contributed by atoms with Crippen molar-refractivity contribution in [2.45, 2.75) is 13.5 Å². The average Bonchev–Trinajstić information content (AvgIpc) is 3.28. The summed E-state index contributed by atoms with van der Waals surface area (Å²) in [7, 11) is 1.81. The van der Waals surface area contributed by atoms with E-state index in [1.807, 2.05) is 19.1 Å². The summed E-state index contributed by atoms with van der Waals surface area (Å²) in [5.41, 5.74) is 3.29. The molecular formula is C17H16ClFN8. The highest BCUT2D eigenvalue weighted by molar-refractivity contribution is 6.35. The van der Waals surface area contributed by atoms with Crippen LogP contribution in [0.1, 0.15) is 11.3 Å². The summed E-state index contributed by atoms with van der Waals surface area (Å²) < 4.78 is 14.1. The Morgan fingerprint density at radius 3 is 2.93 bits per heavy atom. The lowest BCUT2D eigenvalue weighted by Gasteiger charge is -2.18. The number of hydrogen-bond donors (Lipinski definition) is 3. The monoisotopic (exact) mass is 386 g/mol. The Labute approximate surface area is 158 Å². The summed E-state index contributed by atoms with van der Waals surface area (Å²) in [5.74, 6) is 0.311. The Morgan fingerprint density at radius 1 is 1.30 bits per heavy atom. The number of H-pyrrole nitrogens is 2. The summed E-state index contributed by atoms with van der Waals surface area (Å²) in [5, 5.41) is 10.2. The number of halogens is 2.